The maximum Gasteiger partial charge on any atom is 0.225 e. The number of methoxy groups -OCH3 is 2. The van der Waals surface area contributed by atoms with Crippen molar-refractivity contribution in [3.8, 4) is 5.75 Å². The van der Waals surface area contributed by atoms with E-state index in [9.17, 15) is 0 Å². The first-order valence-electron chi connectivity index (χ1n) is 8.67. The van der Waals surface area contributed by atoms with Gasteiger partial charge in [-0.25, -0.2) is 4.98 Å². The molecule has 0 bridgehead atoms. The van der Waals surface area contributed by atoms with Crippen LogP contribution in [-0.2, 0) is 11.3 Å². The van der Waals surface area contributed by atoms with Crippen molar-refractivity contribution < 1.29 is 9.47 Å². The van der Waals surface area contributed by atoms with Crippen LogP contribution in [0.3, 0.4) is 0 Å². The quantitative estimate of drug-likeness (QED) is 0.572. The first kappa shape index (κ1) is 17.9. The molecule has 0 saturated carbocycles. The average molecular weight is 352 g/mol. The van der Waals surface area contributed by atoms with Gasteiger partial charge in [-0.1, -0.05) is 30.3 Å². The molecule has 0 aliphatic heterocycles. The highest BCUT2D eigenvalue weighted by atomic mass is 16.5. The minimum atomic E-state index is 0.613. The maximum absolute atomic E-state index is 5.42. The zero-order valence-corrected chi connectivity index (χ0v) is 15.2. The van der Waals surface area contributed by atoms with Crippen LogP contribution < -0.4 is 15.4 Å². The minimum Gasteiger partial charge on any atom is -0.496 e. The van der Waals surface area contributed by atoms with E-state index in [0.717, 1.165) is 41.0 Å². The summed E-state index contributed by atoms with van der Waals surface area (Å²) in [6, 6.07) is 15.9. The second-order valence-electron chi connectivity index (χ2n) is 5.85. The van der Waals surface area contributed by atoms with E-state index >= 15 is 0 Å². The molecule has 1 heterocycles. The zero-order chi connectivity index (χ0) is 18.2. The summed E-state index contributed by atoms with van der Waals surface area (Å²) in [6.45, 7) is 2.09. The molecule has 0 aliphatic carbocycles. The van der Waals surface area contributed by atoms with E-state index in [1.165, 1.54) is 0 Å². The number of nitrogens with zero attached hydrogens (tertiary/aromatic N) is 2. The van der Waals surface area contributed by atoms with Crippen molar-refractivity contribution in [1.29, 1.82) is 0 Å². The second-order valence-corrected chi connectivity index (χ2v) is 5.85. The normalized spacial score (nSPS) is 10.7. The monoisotopic (exact) mass is 352 g/mol. The number of ether oxygens (including phenoxy) is 2. The van der Waals surface area contributed by atoms with Crippen molar-refractivity contribution in [3.05, 3.63) is 54.1 Å². The van der Waals surface area contributed by atoms with Gasteiger partial charge in [0.2, 0.25) is 5.95 Å². The molecule has 6 heteroatoms. The van der Waals surface area contributed by atoms with Gasteiger partial charge in [-0.05, 0) is 24.6 Å². The molecule has 0 radical (unpaired) electrons. The van der Waals surface area contributed by atoms with E-state index in [-0.39, 0.29) is 0 Å². The average Bonchev–Trinajstić information content (AvgIpc) is 2.69. The number of rotatable bonds is 9. The van der Waals surface area contributed by atoms with Crippen LogP contribution in [0.4, 0.5) is 11.8 Å². The van der Waals surface area contributed by atoms with Crippen LogP contribution in [0, 0.1) is 0 Å². The molecule has 0 spiro atoms. The van der Waals surface area contributed by atoms with Crippen LogP contribution in [0.5, 0.6) is 5.75 Å². The molecule has 0 saturated heterocycles. The number of hydrogen-bond donors (Lipinski definition) is 2. The van der Waals surface area contributed by atoms with Crippen molar-refractivity contribution >= 4 is 22.7 Å². The number of benzene rings is 2. The third-order valence-corrected chi connectivity index (χ3v) is 4.05. The Morgan fingerprint density at radius 3 is 2.58 bits per heavy atom. The lowest BCUT2D eigenvalue weighted by atomic mass is 10.2. The van der Waals surface area contributed by atoms with Gasteiger partial charge < -0.3 is 20.1 Å². The Balaban J connectivity index is 1.81. The Bertz CT molecular complexity index is 854. The molecule has 0 fully saturated rings. The van der Waals surface area contributed by atoms with Gasteiger partial charge in [0.15, 0.2) is 0 Å². The summed E-state index contributed by atoms with van der Waals surface area (Å²) in [5.41, 5.74) is 1.98. The third kappa shape index (κ3) is 4.40. The predicted octanol–water partition coefficient (Wildman–Crippen LogP) is 3.70. The van der Waals surface area contributed by atoms with E-state index in [1.54, 1.807) is 14.2 Å². The lowest BCUT2D eigenvalue weighted by molar-refractivity contribution is 0.197. The second kappa shape index (κ2) is 9.01. The molecule has 2 N–H and O–H groups in total. The summed E-state index contributed by atoms with van der Waals surface area (Å²) in [6.07, 6.45) is 0.899. The molecule has 0 amide bonds. The first-order valence-corrected chi connectivity index (χ1v) is 8.67. The van der Waals surface area contributed by atoms with Gasteiger partial charge in [-0.3, -0.25) is 0 Å². The van der Waals surface area contributed by atoms with Gasteiger partial charge in [-0.15, -0.1) is 0 Å². The molecule has 136 valence electrons. The van der Waals surface area contributed by atoms with E-state index in [4.69, 9.17) is 9.47 Å². The fourth-order valence-corrected chi connectivity index (χ4v) is 2.74. The SMILES string of the molecule is COCCCNc1nc(NCc2ccccc2OC)c2ccccc2n1. The Hall–Kier alpha value is -2.86. The molecule has 0 atom stereocenters. The van der Waals surface area contributed by atoms with Crippen molar-refractivity contribution in [3.63, 3.8) is 0 Å². The standard InChI is InChI=1S/C20H24N4O2/c1-25-13-7-12-21-20-23-17-10-5-4-9-16(17)19(24-20)22-14-15-8-3-6-11-18(15)26-2/h3-6,8-11H,7,12-14H2,1-2H3,(H2,21,22,23,24). The van der Waals surface area contributed by atoms with E-state index < -0.39 is 0 Å². The number of fused-ring (bicyclic) bond motifs is 1. The topological polar surface area (TPSA) is 68.3 Å². The fraction of sp³-hybridized carbons (Fsp3) is 0.300. The summed E-state index contributed by atoms with van der Waals surface area (Å²) < 4.78 is 10.5. The summed E-state index contributed by atoms with van der Waals surface area (Å²) in [7, 11) is 3.38. The van der Waals surface area contributed by atoms with Gasteiger partial charge in [0, 0.05) is 37.8 Å². The molecule has 3 rings (SSSR count). The van der Waals surface area contributed by atoms with Crippen LogP contribution in [0.15, 0.2) is 48.5 Å². The van der Waals surface area contributed by atoms with E-state index in [1.807, 2.05) is 48.5 Å². The number of hydrogen-bond acceptors (Lipinski definition) is 6. The highest BCUT2D eigenvalue weighted by Crippen LogP contribution is 2.24. The van der Waals surface area contributed by atoms with E-state index in [2.05, 4.69) is 20.6 Å². The molecule has 0 unspecified atom stereocenters. The molecule has 26 heavy (non-hydrogen) atoms. The van der Waals surface area contributed by atoms with Crippen molar-refractivity contribution in [2.75, 3.05) is 38.0 Å². The molecule has 3 aromatic rings. The van der Waals surface area contributed by atoms with Gasteiger partial charge >= 0.3 is 0 Å². The fourth-order valence-electron chi connectivity index (χ4n) is 2.74. The summed E-state index contributed by atoms with van der Waals surface area (Å²) in [5, 5.41) is 7.68. The molecule has 6 nitrogen and oxygen atoms in total. The zero-order valence-electron chi connectivity index (χ0n) is 15.2. The smallest absolute Gasteiger partial charge is 0.225 e. The molecule has 2 aromatic carbocycles. The summed E-state index contributed by atoms with van der Waals surface area (Å²) in [4.78, 5) is 9.25. The number of anilines is 2. The van der Waals surface area contributed by atoms with Gasteiger partial charge in [0.25, 0.3) is 0 Å². The van der Waals surface area contributed by atoms with Crippen molar-refractivity contribution in [2.24, 2.45) is 0 Å². The maximum atomic E-state index is 5.42. The lowest BCUT2D eigenvalue weighted by Crippen LogP contribution is -2.10. The Morgan fingerprint density at radius 2 is 1.73 bits per heavy atom. The van der Waals surface area contributed by atoms with Crippen LogP contribution in [0.1, 0.15) is 12.0 Å². The first-order chi connectivity index (χ1) is 12.8. The highest BCUT2D eigenvalue weighted by molar-refractivity contribution is 5.90. The predicted molar refractivity (Wildman–Crippen MR) is 105 cm³/mol. The molecular formula is C20H24N4O2. The molecular weight excluding hydrogens is 328 g/mol. The van der Waals surface area contributed by atoms with Gasteiger partial charge in [0.1, 0.15) is 11.6 Å². The minimum absolute atomic E-state index is 0.613. The summed E-state index contributed by atoms with van der Waals surface area (Å²) in [5.74, 6) is 2.27. The number of nitrogens with one attached hydrogen (secondary N) is 2. The Morgan fingerprint density at radius 1 is 0.923 bits per heavy atom. The van der Waals surface area contributed by atoms with Crippen LogP contribution >= 0.6 is 0 Å². The Labute approximate surface area is 153 Å². The Kier molecular flexibility index (Phi) is 6.22. The number of aromatic nitrogens is 2. The lowest BCUT2D eigenvalue weighted by Gasteiger charge is -2.13. The summed E-state index contributed by atoms with van der Waals surface area (Å²) >= 11 is 0. The van der Waals surface area contributed by atoms with Crippen LogP contribution in [0.25, 0.3) is 10.9 Å². The molecule has 1 aromatic heterocycles. The van der Waals surface area contributed by atoms with E-state index in [0.29, 0.717) is 19.1 Å². The highest BCUT2D eigenvalue weighted by Gasteiger charge is 2.08. The number of para-hydroxylation sites is 2. The molecule has 0 aliphatic rings. The van der Waals surface area contributed by atoms with Gasteiger partial charge in [-0.2, -0.15) is 4.98 Å². The van der Waals surface area contributed by atoms with Crippen molar-refractivity contribution in [2.45, 2.75) is 13.0 Å². The van der Waals surface area contributed by atoms with Crippen LogP contribution in [-0.4, -0.2) is 37.3 Å². The third-order valence-electron chi connectivity index (χ3n) is 4.05. The van der Waals surface area contributed by atoms with Gasteiger partial charge in [0.05, 0.1) is 12.6 Å². The van der Waals surface area contributed by atoms with Crippen LogP contribution in [0.2, 0.25) is 0 Å². The van der Waals surface area contributed by atoms with Crippen molar-refractivity contribution in [1.82, 2.24) is 9.97 Å². The largest absolute Gasteiger partial charge is 0.496 e.